The molecule has 0 aliphatic carbocycles. The second-order valence-corrected chi connectivity index (χ2v) is 46.9. The van der Waals surface area contributed by atoms with Crippen LogP contribution in [0.3, 0.4) is 0 Å². The smallest absolute Gasteiger partial charge is 0.330 e. The zero-order chi connectivity index (χ0) is 104. The molecule has 1 rings (SSSR count). The third-order valence-electron chi connectivity index (χ3n) is 13.6. The first kappa shape index (κ1) is 141. The van der Waals surface area contributed by atoms with Gasteiger partial charge in [0.15, 0.2) is 28.9 Å². The number of carbonyl (C=O) groups excluding carboxylic acids is 11. The van der Waals surface area contributed by atoms with Gasteiger partial charge in [0, 0.05) is 103 Å². The van der Waals surface area contributed by atoms with E-state index in [1.807, 2.05) is 199 Å². The summed E-state index contributed by atoms with van der Waals surface area (Å²) in [6.45, 7) is 111. The van der Waals surface area contributed by atoms with Gasteiger partial charge in [-0.15, -0.1) is 12.8 Å². The molecule has 2 atom stereocenters. The van der Waals surface area contributed by atoms with Crippen LogP contribution in [0.4, 0.5) is 0 Å². The summed E-state index contributed by atoms with van der Waals surface area (Å²) in [4.78, 5) is 123. The normalized spacial score (nSPS) is 11.6. The Morgan fingerprint density at radius 3 is 1.09 bits per heavy atom. The Morgan fingerprint density at radius 2 is 0.882 bits per heavy atom. The fraction of sp³-hybridized carbons (Fsp3) is 0.642. The number of hydrogen-bond acceptors (Lipinski definition) is 18. The topological polar surface area (TPSA) is 300 Å². The van der Waals surface area contributed by atoms with Crippen molar-refractivity contribution in [1.29, 1.82) is 0 Å². The maximum absolute atomic E-state index is 11.2. The summed E-state index contributed by atoms with van der Waals surface area (Å²) in [5, 5.41) is 10.3. The molecule has 2 N–H and O–H groups in total. The fourth-order valence-electron chi connectivity index (χ4n) is 8.24. The number of nitrogens with zero attached hydrogens (tertiary/aromatic N) is 2. The number of hydrogen-bond donors (Lipinski definition) is 2. The lowest BCUT2D eigenvalue weighted by molar-refractivity contribution is -0.146. The lowest BCUT2D eigenvalue weighted by Crippen LogP contribution is -2.39. The van der Waals surface area contributed by atoms with Crippen molar-refractivity contribution < 1.29 is 80.5 Å². The number of allylic oxidation sites excluding steroid dienone is 7. The van der Waals surface area contributed by atoms with Crippen LogP contribution in [0, 0.1) is 84.3 Å². The minimum Gasteiger partial charge on any atom is -0.462 e. The molecule has 1 heterocycles. The van der Waals surface area contributed by atoms with Crippen molar-refractivity contribution in [2.24, 2.45) is 59.6 Å². The quantitative estimate of drug-likeness (QED) is 0.0185. The van der Waals surface area contributed by atoms with E-state index in [1.165, 1.54) is 26.0 Å². The minimum absolute atomic E-state index is 0.0139. The second kappa shape index (κ2) is 66.7. The van der Waals surface area contributed by atoms with Crippen LogP contribution in [-0.4, -0.2) is 118 Å². The first-order valence-corrected chi connectivity index (χ1v) is 44.4. The molecule has 21 heteroatoms. The monoisotopic (exact) mass is 1800 g/mol. The highest BCUT2D eigenvalue weighted by Gasteiger charge is 2.26. The number of carbonyl (C=O) groups is 11. The Bertz CT molecular complexity index is 3820. The van der Waals surface area contributed by atoms with Gasteiger partial charge in [0.1, 0.15) is 30.1 Å². The molecule has 0 amide bonds. The van der Waals surface area contributed by atoms with Gasteiger partial charge in [-0.3, -0.25) is 43.2 Å². The minimum atomic E-state index is -3.26. The van der Waals surface area contributed by atoms with Crippen LogP contribution in [0.1, 0.15) is 355 Å². The van der Waals surface area contributed by atoms with Crippen molar-refractivity contribution in [3.63, 3.8) is 0 Å². The van der Waals surface area contributed by atoms with Gasteiger partial charge in [-0.05, 0) is 155 Å². The summed E-state index contributed by atoms with van der Waals surface area (Å²) in [5.41, 5.74) is 3.34. The molecule has 2 unspecified atom stereocenters. The van der Waals surface area contributed by atoms with Gasteiger partial charge in [0.2, 0.25) is 15.8 Å². The van der Waals surface area contributed by atoms with Gasteiger partial charge in [0.25, 0.3) is 0 Å². The van der Waals surface area contributed by atoms with Crippen molar-refractivity contribution in [2.75, 3.05) is 13.2 Å². The molecule has 0 saturated carbocycles. The predicted octanol–water partition coefficient (Wildman–Crippen LogP) is 24.9. The zero-order valence-electron chi connectivity index (χ0n) is 88.5. The van der Waals surface area contributed by atoms with Crippen molar-refractivity contribution in [1.82, 2.24) is 14.3 Å². The van der Waals surface area contributed by atoms with E-state index in [0.29, 0.717) is 56.1 Å². The molecule has 730 valence electrons. The largest absolute Gasteiger partial charge is 0.462 e. The van der Waals surface area contributed by atoms with Gasteiger partial charge < -0.3 is 23.9 Å². The number of rotatable bonds is 24. The molecule has 1 aromatic heterocycles. The van der Waals surface area contributed by atoms with Crippen LogP contribution in [0.2, 0.25) is 0 Å². The Hall–Kier alpha value is -8.63. The Labute approximate surface area is 776 Å². The predicted molar refractivity (Wildman–Crippen MR) is 536 cm³/mol. The van der Waals surface area contributed by atoms with Crippen LogP contribution >= 0.6 is 0 Å². The molecule has 0 aromatic carbocycles. The summed E-state index contributed by atoms with van der Waals surface area (Å²) in [5.74, 6) is 4.83. The van der Waals surface area contributed by atoms with E-state index in [9.17, 15) is 66.3 Å². The summed E-state index contributed by atoms with van der Waals surface area (Å²) >= 11 is 0. The number of aliphatic hydroxyl groups excluding tert-OH is 1. The van der Waals surface area contributed by atoms with Gasteiger partial charge in [-0.2, -0.15) is 0 Å². The van der Waals surface area contributed by atoms with E-state index < -0.39 is 33.6 Å². The van der Waals surface area contributed by atoms with E-state index >= 15 is 0 Å². The number of Topliss-reactive ketones (excluding diaryl/α,β-unsaturated/α-hetero) is 4. The number of nitrogens with one attached hydrogen (secondary N) is 1. The number of aliphatic hydroxyl groups is 1. The molecule has 0 saturated heterocycles. The highest BCUT2D eigenvalue weighted by Crippen LogP contribution is 2.27. The van der Waals surface area contributed by atoms with E-state index in [-0.39, 0.29) is 126 Å². The lowest BCUT2D eigenvalue weighted by atomic mass is 9.87. The van der Waals surface area contributed by atoms with Gasteiger partial charge >= 0.3 is 17.9 Å². The van der Waals surface area contributed by atoms with Crippen LogP contribution < -0.4 is 4.72 Å². The molecule has 0 aliphatic heterocycles. The lowest BCUT2D eigenvalue weighted by Gasteiger charge is -2.26. The number of sulfonamides is 1. The number of terminal acetylenes is 2. The van der Waals surface area contributed by atoms with Gasteiger partial charge in [0.05, 0.1) is 19.1 Å². The summed E-state index contributed by atoms with van der Waals surface area (Å²) in [6.07, 6.45) is 28.7. The Morgan fingerprint density at radius 1 is 0.496 bits per heavy atom. The van der Waals surface area contributed by atoms with Crippen LogP contribution in [-0.2, 0) is 83.5 Å². The molecule has 0 bridgehead atoms. The van der Waals surface area contributed by atoms with Gasteiger partial charge in [-0.25, -0.2) is 27.7 Å². The molecule has 0 radical (unpaired) electrons. The maximum Gasteiger partial charge on any atom is 0.330 e. The van der Waals surface area contributed by atoms with E-state index in [2.05, 4.69) is 160 Å². The summed E-state index contributed by atoms with van der Waals surface area (Å²) in [6, 6.07) is 0. The van der Waals surface area contributed by atoms with Crippen LogP contribution in [0.15, 0.2) is 129 Å². The summed E-state index contributed by atoms with van der Waals surface area (Å²) < 4.78 is 40.5. The first-order chi connectivity index (χ1) is 56.0. The maximum atomic E-state index is 11.2. The molecule has 0 aliphatic rings. The number of esters is 3. The average molecular weight is 1800 g/mol. The number of aromatic nitrogens is 2. The van der Waals surface area contributed by atoms with Crippen molar-refractivity contribution >= 4 is 80.3 Å². The fourth-order valence-corrected chi connectivity index (χ4v) is 9.17. The third kappa shape index (κ3) is 124. The number of ether oxygens (including phenoxy) is 3. The Kier molecular flexibility index (Phi) is 74.3. The molecule has 20 nitrogen and oxygen atoms in total. The van der Waals surface area contributed by atoms with Crippen molar-refractivity contribution in [2.45, 2.75) is 374 Å². The molecule has 0 spiro atoms. The van der Waals surface area contributed by atoms with E-state index in [4.69, 9.17) is 22.3 Å². The summed E-state index contributed by atoms with van der Waals surface area (Å²) in [7, 11) is -3.26. The molecular weight excluding hydrogens is 1620 g/mol. The second-order valence-electron chi connectivity index (χ2n) is 45.2. The SMILES string of the molecule is C#CC(=C)C(O)CC(C)(C)C.C#CC(=O)CC(C)(C)C.C=CC(=O)CC(C)(C)C.C=CC(=O)OC(C=C)C(C)(C)C.C=CC(=O)OCC(C)(C)C.C=CS(=O)(=O)NC(C)(C)C.C=Cc1nccn1CC(C)(C)C.CC(=O)CC(=O)C(C)(C)C.CC(=O)OCC(=O)CC(C)(C)C.CC(C)=CC(=O)C(C)(C)C.CC(C)=CC(=O)CC(C)(C)C.CC(C)=CC(=O)CC(C)(C)C. The third-order valence-corrected chi connectivity index (χ3v) is 14.9. The van der Waals surface area contributed by atoms with E-state index in [1.54, 1.807) is 51.2 Å². The van der Waals surface area contributed by atoms with Crippen LogP contribution in [0.25, 0.3) is 6.08 Å². The molecule has 0 fully saturated rings. The highest BCUT2D eigenvalue weighted by molar-refractivity contribution is 7.92. The standard InChI is InChI=1S/C10H16N2.C10H16O2.2C10H18O.C10H16O.C9H16O3.C9H16O.2C8H14O2.C8H14O.C8H12O.C6H13NO2S/c1-5-9-11-6-7-12(9)8-10(2,3)4;1-6-8(10(3,4)5)12-9(11)7-2;2*1-8(2)6-9(11)7-10(3,4)5;1-6-8(2)9(11)7-10(3,4)5;1-7(10)12-6-8(11)5-9(2,3)4;1-7(2)6-8(10)9(3,4)5;1-6(9)5-7(10)8(2,3)4;1-5-7(9)10-6-8(2,3)4;2*1-5-7(9)6-8(2,3)4;1-5-10(8,9)7-6(2,3)4/h5-7H,1,8H2,2-4H3;6-8H,1-2H2,3-5H3;2*6H,7H2,1-5H3;1,9,11H,2,7H2,3-5H3;5-6H2,1-4H3;6H,1-5H3;5H2,1-4H3;5H,1,6H2,2-4H3;5H,1,6H2,2-4H3;1H,6H2,2-4H3;5,7H,1H2,2-4H3. The van der Waals surface area contributed by atoms with Crippen molar-refractivity contribution in [3.8, 4) is 24.7 Å². The Balaban J connectivity index is -0.000000129. The molecule has 127 heavy (non-hydrogen) atoms. The first-order valence-electron chi connectivity index (χ1n) is 42.8. The number of ketones is 8. The van der Waals surface area contributed by atoms with Gasteiger partial charge in [-0.1, -0.05) is 303 Å². The number of imidazole rings is 1. The van der Waals surface area contributed by atoms with Crippen LogP contribution in [0.5, 0.6) is 0 Å². The molecular formula is C106H183N3O17S. The molecule has 1 aromatic rings. The zero-order valence-corrected chi connectivity index (χ0v) is 89.3. The van der Waals surface area contributed by atoms with E-state index in [0.717, 1.165) is 40.6 Å². The van der Waals surface area contributed by atoms with Crippen molar-refractivity contribution in [3.05, 3.63) is 135 Å². The average Bonchev–Trinajstić information content (AvgIpc) is 1.17. The highest BCUT2D eigenvalue weighted by atomic mass is 32.2.